The minimum absolute atomic E-state index is 0.268. The molecule has 1 rings (SSSR count). The largest absolute Gasteiger partial charge is 0.405 e. The van der Waals surface area contributed by atoms with Crippen LogP contribution in [0, 0.1) is 0 Å². The van der Waals surface area contributed by atoms with E-state index < -0.39 is 18.6 Å². The molecule has 14 heavy (non-hydrogen) atoms. The molecule has 1 N–H and O–H groups in total. The Morgan fingerprint density at radius 3 is 2.71 bits per heavy atom. The Balaban J connectivity index is 2.30. The van der Waals surface area contributed by atoms with Gasteiger partial charge in [0.05, 0.1) is 0 Å². The number of aromatic nitrogens is 3. The van der Waals surface area contributed by atoms with Crippen LogP contribution >= 0.6 is 0 Å². The van der Waals surface area contributed by atoms with Gasteiger partial charge in [0.15, 0.2) is 0 Å². The smallest absolute Gasteiger partial charge is 0.345 e. The number of nitrogens with one attached hydrogen (secondary N) is 1. The van der Waals surface area contributed by atoms with E-state index in [2.05, 4.69) is 10.1 Å². The van der Waals surface area contributed by atoms with Crippen LogP contribution in [0.15, 0.2) is 12.7 Å². The summed E-state index contributed by atoms with van der Waals surface area (Å²) in [5.74, 6) is -0.757. The summed E-state index contributed by atoms with van der Waals surface area (Å²) >= 11 is 0. The summed E-state index contributed by atoms with van der Waals surface area (Å²) in [6.45, 7) is -1.60. The Morgan fingerprint density at radius 2 is 2.21 bits per heavy atom. The molecular weight excluding hydrogens is 201 g/mol. The zero-order valence-electron chi connectivity index (χ0n) is 6.95. The van der Waals surface area contributed by atoms with Crippen molar-refractivity contribution in [2.45, 2.75) is 12.7 Å². The molecule has 0 saturated carbocycles. The van der Waals surface area contributed by atoms with Crippen molar-refractivity contribution >= 4 is 5.91 Å². The Morgan fingerprint density at radius 1 is 1.50 bits per heavy atom. The van der Waals surface area contributed by atoms with Crippen LogP contribution < -0.4 is 5.32 Å². The molecule has 0 aliphatic heterocycles. The highest BCUT2D eigenvalue weighted by Crippen LogP contribution is 2.11. The molecule has 0 spiro atoms. The number of nitrogens with zero attached hydrogens (tertiary/aromatic N) is 3. The Kier molecular flexibility index (Phi) is 3.05. The Hall–Kier alpha value is -1.60. The van der Waals surface area contributed by atoms with E-state index in [1.807, 2.05) is 0 Å². The van der Waals surface area contributed by atoms with E-state index in [0.717, 1.165) is 4.68 Å². The molecule has 0 radical (unpaired) electrons. The molecule has 0 atom stereocenters. The highest BCUT2D eigenvalue weighted by atomic mass is 19.4. The molecule has 1 aromatic rings. The lowest BCUT2D eigenvalue weighted by molar-refractivity contribution is -0.138. The molecule has 0 aliphatic carbocycles. The molecule has 1 aromatic heterocycles. The summed E-state index contributed by atoms with van der Waals surface area (Å²) in [5, 5.41) is 5.27. The summed E-state index contributed by atoms with van der Waals surface area (Å²) in [7, 11) is 0. The number of rotatable bonds is 3. The number of carbonyl (C=O) groups is 1. The number of halogens is 3. The third kappa shape index (κ3) is 3.87. The van der Waals surface area contributed by atoms with E-state index in [9.17, 15) is 18.0 Å². The molecule has 0 aliphatic rings. The van der Waals surface area contributed by atoms with Crippen molar-refractivity contribution in [2.75, 3.05) is 6.54 Å². The summed E-state index contributed by atoms with van der Waals surface area (Å²) in [6, 6.07) is 0. The molecule has 0 unspecified atom stereocenters. The van der Waals surface area contributed by atoms with Gasteiger partial charge < -0.3 is 5.32 Å². The lowest BCUT2D eigenvalue weighted by Crippen LogP contribution is -2.35. The van der Waals surface area contributed by atoms with Crippen molar-refractivity contribution in [3.63, 3.8) is 0 Å². The van der Waals surface area contributed by atoms with Gasteiger partial charge in [0.2, 0.25) is 5.91 Å². The lowest BCUT2D eigenvalue weighted by atomic mass is 10.5. The van der Waals surface area contributed by atoms with Crippen molar-refractivity contribution in [3.8, 4) is 0 Å². The summed E-state index contributed by atoms with van der Waals surface area (Å²) in [6.07, 6.45) is -1.96. The van der Waals surface area contributed by atoms with Gasteiger partial charge in [-0.25, -0.2) is 9.67 Å². The average Bonchev–Trinajstić information content (AvgIpc) is 2.52. The zero-order chi connectivity index (χ0) is 10.6. The van der Waals surface area contributed by atoms with Crippen molar-refractivity contribution in [3.05, 3.63) is 12.7 Å². The third-order valence-electron chi connectivity index (χ3n) is 1.26. The van der Waals surface area contributed by atoms with E-state index in [4.69, 9.17) is 0 Å². The van der Waals surface area contributed by atoms with E-state index in [1.165, 1.54) is 12.7 Å². The minimum atomic E-state index is -4.39. The quantitative estimate of drug-likeness (QED) is 0.758. The van der Waals surface area contributed by atoms with E-state index in [1.54, 1.807) is 5.32 Å². The van der Waals surface area contributed by atoms with E-state index in [-0.39, 0.29) is 6.54 Å². The number of carbonyl (C=O) groups excluding carboxylic acids is 1. The summed E-state index contributed by atoms with van der Waals surface area (Å²) in [5.41, 5.74) is 0. The van der Waals surface area contributed by atoms with Crippen LogP contribution in [0.5, 0.6) is 0 Å². The fourth-order valence-corrected chi connectivity index (χ4v) is 0.716. The number of amides is 1. The highest BCUT2D eigenvalue weighted by Gasteiger charge is 2.27. The molecular formula is C6H7F3N4O. The summed E-state index contributed by atoms with van der Waals surface area (Å²) in [4.78, 5) is 14.4. The number of hydrogen-bond donors (Lipinski definition) is 1. The average molecular weight is 208 g/mol. The fourth-order valence-electron chi connectivity index (χ4n) is 0.716. The van der Waals surface area contributed by atoms with Crippen molar-refractivity contribution < 1.29 is 18.0 Å². The van der Waals surface area contributed by atoms with Gasteiger partial charge in [0.1, 0.15) is 25.7 Å². The predicted molar refractivity (Wildman–Crippen MR) is 39.1 cm³/mol. The maximum atomic E-state index is 11.6. The minimum Gasteiger partial charge on any atom is -0.345 e. The first-order chi connectivity index (χ1) is 6.47. The first-order valence-corrected chi connectivity index (χ1v) is 3.63. The first-order valence-electron chi connectivity index (χ1n) is 3.63. The van der Waals surface area contributed by atoms with Crippen LogP contribution in [0.4, 0.5) is 13.2 Å². The van der Waals surface area contributed by atoms with Gasteiger partial charge in [0, 0.05) is 0 Å². The molecule has 5 nitrogen and oxygen atoms in total. The van der Waals surface area contributed by atoms with Crippen molar-refractivity contribution in [2.24, 2.45) is 0 Å². The highest BCUT2D eigenvalue weighted by molar-refractivity contribution is 5.75. The Bertz CT molecular complexity index is 295. The SMILES string of the molecule is O=C(Cn1cncn1)NCC(F)(F)F. The molecule has 0 fully saturated rings. The van der Waals surface area contributed by atoms with Crippen LogP contribution in [-0.4, -0.2) is 33.4 Å². The first kappa shape index (κ1) is 10.5. The second-order valence-corrected chi connectivity index (χ2v) is 2.48. The second kappa shape index (κ2) is 4.07. The molecule has 1 amide bonds. The maximum Gasteiger partial charge on any atom is 0.405 e. The molecule has 0 bridgehead atoms. The van der Waals surface area contributed by atoms with Crippen molar-refractivity contribution in [1.82, 2.24) is 20.1 Å². The molecule has 78 valence electrons. The van der Waals surface area contributed by atoms with Gasteiger partial charge in [-0.05, 0) is 0 Å². The molecule has 1 heterocycles. The van der Waals surface area contributed by atoms with Crippen LogP contribution in [0.25, 0.3) is 0 Å². The Labute approximate surface area is 76.9 Å². The van der Waals surface area contributed by atoms with Gasteiger partial charge in [-0.2, -0.15) is 18.3 Å². The third-order valence-corrected chi connectivity index (χ3v) is 1.26. The topological polar surface area (TPSA) is 59.8 Å². The normalized spacial score (nSPS) is 11.4. The van der Waals surface area contributed by atoms with Crippen LogP contribution in [0.2, 0.25) is 0 Å². The molecule has 0 saturated heterocycles. The maximum absolute atomic E-state index is 11.6. The van der Waals surface area contributed by atoms with Crippen molar-refractivity contribution in [1.29, 1.82) is 0 Å². The van der Waals surface area contributed by atoms with Gasteiger partial charge in [-0.3, -0.25) is 4.79 Å². The van der Waals surface area contributed by atoms with Gasteiger partial charge in [-0.15, -0.1) is 0 Å². The molecule has 8 heteroatoms. The van der Waals surface area contributed by atoms with Gasteiger partial charge >= 0.3 is 6.18 Å². The lowest BCUT2D eigenvalue weighted by Gasteiger charge is -2.07. The standard InChI is InChI=1S/C6H7F3N4O/c7-6(8,9)2-11-5(14)1-13-4-10-3-12-13/h3-4H,1-2H2,(H,11,14). The van der Waals surface area contributed by atoms with E-state index >= 15 is 0 Å². The second-order valence-electron chi connectivity index (χ2n) is 2.48. The number of alkyl halides is 3. The fraction of sp³-hybridized carbons (Fsp3) is 0.500. The summed E-state index contributed by atoms with van der Waals surface area (Å²) < 4.78 is 36.1. The van der Waals surface area contributed by atoms with Crippen LogP contribution in [-0.2, 0) is 11.3 Å². The predicted octanol–water partition coefficient (Wildman–Crippen LogP) is -0.0434. The zero-order valence-corrected chi connectivity index (χ0v) is 6.95. The van der Waals surface area contributed by atoms with Gasteiger partial charge in [-0.1, -0.05) is 0 Å². The van der Waals surface area contributed by atoms with Crippen LogP contribution in [0.3, 0.4) is 0 Å². The monoisotopic (exact) mass is 208 g/mol. The number of hydrogen-bond acceptors (Lipinski definition) is 3. The molecule has 0 aromatic carbocycles. The van der Waals surface area contributed by atoms with Gasteiger partial charge in [0.25, 0.3) is 0 Å². The van der Waals surface area contributed by atoms with E-state index in [0.29, 0.717) is 0 Å². The van der Waals surface area contributed by atoms with Crippen LogP contribution in [0.1, 0.15) is 0 Å².